The number of hydrogen-bond acceptors (Lipinski definition) is 3. The highest BCUT2D eigenvalue weighted by atomic mass is 16.5. The summed E-state index contributed by atoms with van der Waals surface area (Å²) < 4.78 is 5.38. The molecule has 4 nitrogen and oxygen atoms in total. The Kier molecular flexibility index (Phi) is 4.75. The first-order chi connectivity index (χ1) is 11.7. The fraction of sp³-hybridized carbons (Fsp3) is 0.200. The lowest BCUT2D eigenvalue weighted by Gasteiger charge is -2.15. The molecule has 24 heavy (non-hydrogen) atoms. The zero-order chi connectivity index (χ0) is 16.9. The number of rotatable bonds is 5. The van der Waals surface area contributed by atoms with Gasteiger partial charge in [-0.2, -0.15) is 0 Å². The number of carbonyl (C=O) groups is 1. The second-order valence-corrected chi connectivity index (χ2v) is 5.81. The molecule has 0 fully saturated rings. The number of aromatic nitrogens is 1. The number of fused-ring (bicyclic) bond motifs is 1. The van der Waals surface area contributed by atoms with E-state index in [1.165, 1.54) is 0 Å². The number of anilines is 1. The quantitative estimate of drug-likeness (QED) is 0.759. The van der Waals surface area contributed by atoms with Gasteiger partial charge < -0.3 is 10.1 Å². The second kappa shape index (κ2) is 7.13. The van der Waals surface area contributed by atoms with Crippen LogP contribution in [0.25, 0.3) is 10.9 Å². The van der Waals surface area contributed by atoms with Gasteiger partial charge in [-0.05, 0) is 41.8 Å². The molecule has 3 aromatic rings. The molecule has 1 aromatic heterocycles. The SMILES string of the molecule is COc1ccccc1C(C)CC(=O)Nc1ccc2ncccc2c1. The molecule has 1 N–H and O–H groups in total. The third-order valence-corrected chi connectivity index (χ3v) is 4.05. The van der Waals surface area contributed by atoms with Gasteiger partial charge >= 0.3 is 0 Å². The predicted octanol–water partition coefficient (Wildman–Crippen LogP) is 4.38. The summed E-state index contributed by atoms with van der Waals surface area (Å²) in [5, 5.41) is 3.97. The number of hydrogen-bond donors (Lipinski definition) is 1. The normalized spacial score (nSPS) is 11.9. The van der Waals surface area contributed by atoms with Crippen molar-refractivity contribution in [2.45, 2.75) is 19.3 Å². The lowest BCUT2D eigenvalue weighted by Crippen LogP contribution is -2.14. The smallest absolute Gasteiger partial charge is 0.224 e. The van der Waals surface area contributed by atoms with Crippen LogP contribution in [0.3, 0.4) is 0 Å². The Labute approximate surface area is 141 Å². The van der Waals surface area contributed by atoms with Gasteiger partial charge in [-0.3, -0.25) is 9.78 Å². The van der Waals surface area contributed by atoms with Crippen LogP contribution in [-0.4, -0.2) is 18.0 Å². The Balaban J connectivity index is 1.70. The number of carbonyl (C=O) groups excluding carboxylic acids is 1. The van der Waals surface area contributed by atoms with Crippen molar-refractivity contribution in [3.8, 4) is 5.75 Å². The summed E-state index contributed by atoms with van der Waals surface area (Å²) in [7, 11) is 1.65. The van der Waals surface area contributed by atoms with Crippen molar-refractivity contribution in [1.29, 1.82) is 0 Å². The van der Waals surface area contributed by atoms with Crippen molar-refractivity contribution in [1.82, 2.24) is 4.98 Å². The molecule has 1 atom stereocenters. The summed E-state index contributed by atoms with van der Waals surface area (Å²) in [6.07, 6.45) is 2.15. The summed E-state index contributed by atoms with van der Waals surface area (Å²) in [5.74, 6) is 0.870. The lowest BCUT2D eigenvalue weighted by atomic mass is 9.96. The highest BCUT2D eigenvalue weighted by Crippen LogP contribution is 2.28. The topological polar surface area (TPSA) is 51.2 Å². The number of nitrogens with one attached hydrogen (secondary N) is 1. The van der Waals surface area contributed by atoms with Crippen LogP contribution < -0.4 is 10.1 Å². The molecule has 0 saturated heterocycles. The van der Waals surface area contributed by atoms with E-state index in [0.717, 1.165) is 27.9 Å². The Hall–Kier alpha value is -2.88. The predicted molar refractivity (Wildman–Crippen MR) is 96.4 cm³/mol. The van der Waals surface area contributed by atoms with Crippen LogP contribution in [0.5, 0.6) is 5.75 Å². The van der Waals surface area contributed by atoms with Gasteiger partial charge in [-0.25, -0.2) is 0 Å². The molecule has 3 rings (SSSR count). The largest absolute Gasteiger partial charge is 0.496 e. The van der Waals surface area contributed by atoms with Crippen LogP contribution in [0.4, 0.5) is 5.69 Å². The Morgan fingerprint density at radius 1 is 1.17 bits per heavy atom. The van der Waals surface area contributed by atoms with E-state index in [2.05, 4.69) is 10.3 Å². The molecule has 1 unspecified atom stereocenters. The van der Waals surface area contributed by atoms with Crippen molar-refractivity contribution >= 4 is 22.5 Å². The van der Waals surface area contributed by atoms with Gasteiger partial charge in [0, 0.05) is 23.7 Å². The summed E-state index contributed by atoms with van der Waals surface area (Å²) in [4.78, 5) is 16.6. The van der Waals surface area contributed by atoms with E-state index >= 15 is 0 Å². The first-order valence-corrected chi connectivity index (χ1v) is 7.95. The van der Waals surface area contributed by atoms with Crippen LogP contribution in [0.1, 0.15) is 24.8 Å². The molecule has 0 aliphatic carbocycles. The number of ether oxygens (including phenoxy) is 1. The van der Waals surface area contributed by atoms with Gasteiger partial charge in [0.2, 0.25) is 5.91 Å². The van der Waals surface area contributed by atoms with E-state index in [9.17, 15) is 4.79 Å². The third-order valence-electron chi connectivity index (χ3n) is 4.05. The summed E-state index contributed by atoms with van der Waals surface area (Å²) >= 11 is 0. The second-order valence-electron chi connectivity index (χ2n) is 5.81. The Bertz CT molecular complexity index is 861. The summed E-state index contributed by atoms with van der Waals surface area (Å²) in [5.41, 5.74) is 2.74. The monoisotopic (exact) mass is 320 g/mol. The minimum Gasteiger partial charge on any atom is -0.496 e. The van der Waals surface area contributed by atoms with Crippen LogP contribution in [-0.2, 0) is 4.79 Å². The van der Waals surface area contributed by atoms with E-state index in [0.29, 0.717) is 6.42 Å². The van der Waals surface area contributed by atoms with E-state index in [-0.39, 0.29) is 11.8 Å². The molecule has 1 heterocycles. The average Bonchev–Trinajstić information content (AvgIpc) is 2.61. The average molecular weight is 320 g/mol. The molecule has 122 valence electrons. The first-order valence-electron chi connectivity index (χ1n) is 7.95. The van der Waals surface area contributed by atoms with E-state index in [1.54, 1.807) is 13.3 Å². The maximum Gasteiger partial charge on any atom is 0.224 e. The number of nitrogens with zero attached hydrogens (tertiary/aromatic N) is 1. The molecule has 2 aromatic carbocycles. The van der Waals surface area contributed by atoms with Gasteiger partial charge in [0.1, 0.15) is 5.75 Å². The fourth-order valence-corrected chi connectivity index (χ4v) is 2.83. The third kappa shape index (κ3) is 3.54. The molecule has 4 heteroatoms. The van der Waals surface area contributed by atoms with Crippen molar-refractivity contribution in [2.24, 2.45) is 0 Å². The highest BCUT2D eigenvalue weighted by molar-refractivity contribution is 5.94. The number of para-hydroxylation sites is 1. The van der Waals surface area contributed by atoms with Crippen molar-refractivity contribution in [2.75, 3.05) is 12.4 Å². The number of benzene rings is 2. The molecule has 0 radical (unpaired) electrons. The lowest BCUT2D eigenvalue weighted by molar-refractivity contribution is -0.116. The molecule has 0 saturated carbocycles. The summed E-state index contributed by atoms with van der Waals surface area (Å²) in [6.45, 7) is 2.03. The maximum absolute atomic E-state index is 12.4. The van der Waals surface area contributed by atoms with Gasteiger partial charge in [-0.15, -0.1) is 0 Å². The minimum absolute atomic E-state index is 0.0170. The van der Waals surface area contributed by atoms with Crippen LogP contribution in [0.15, 0.2) is 60.8 Å². The van der Waals surface area contributed by atoms with E-state index < -0.39 is 0 Å². The number of pyridine rings is 1. The molecule has 0 aliphatic rings. The van der Waals surface area contributed by atoms with Gasteiger partial charge in [0.05, 0.1) is 12.6 Å². The van der Waals surface area contributed by atoms with Crippen LogP contribution >= 0.6 is 0 Å². The minimum atomic E-state index is -0.0170. The zero-order valence-corrected chi connectivity index (χ0v) is 13.8. The summed E-state index contributed by atoms with van der Waals surface area (Å²) in [6, 6.07) is 17.4. The zero-order valence-electron chi connectivity index (χ0n) is 13.8. The Morgan fingerprint density at radius 2 is 2.00 bits per heavy atom. The van der Waals surface area contributed by atoms with E-state index in [1.807, 2.05) is 61.5 Å². The van der Waals surface area contributed by atoms with Crippen LogP contribution in [0, 0.1) is 0 Å². The van der Waals surface area contributed by atoms with Gasteiger partial charge in [0.15, 0.2) is 0 Å². The number of amides is 1. The molecular formula is C20H20N2O2. The van der Waals surface area contributed by atoms with Crippen LogP contribution in [0.2, 0.25) is 0 Å². The van der Waals surface area contributed by atoms with E-state index in [4.69, 9.17) is 4.74 Å². The molecule has 0 spiro atoms. The van der Waals surface area contributed by atoms with Gasteiger partial charge in [-0.1, -0.05) is 31.2 Å². The number of methoxy groups -OCH3 is 1. The molecule has 0 aliphatic heterocycles. The highest BCUT2D eigenvalue weighted by Gasteiger charge is 2.15. The van der Waals surface area contributed by atoms with Crippen molar-refractivity contribution in [3.05, 3.63) is 66.4 Å². The molecular weight excluding hydrogens is 300 g/mol. The standard InChI is InChI=1S/C20H20N2O2/c1-14(17-7-3-4-8-19(17)24-2)12-20(23)22-16-9-10-18-15(13-16)6-5-11-21-18/h3-11,13-14H,12H2,1-2H3,(H,22,23). The molecule has 1 amide bonds. The van der Waals surface area contributed by atoms with Crippen molar-refractivity contribution in [3.63, 3.8) is 0 Å². The van der Waals surface area contributed by atoms with Crippen molar-refractivity contribution < 1.29 is 9.53 Å². The molecule has 0 bridgehead atoms. The first kappa shape index (κ1) is 16.0. The Morgan fingerprint density at radius 3 is 2.83 bits per heavy atom. The fourth-order valence-electron chi connectivity index (χ4n) is 2.83. The van der Waals surface area contributed by atoms with Gasteiger partial charge in [0.25, 0.3) is 0 Å². The maximum atomic E-state index is 12.4.